The van der Waals surface area contributed by atoms with E-state index in [4.69, 9.17) is 0 Å². The highest BCUT2D eigenvalue weighted by Gasteiger charge is 2.30. The van der Waals surface area contributed by atoms with Crippen LogP contribution in [-0.4, -0.2) is 48.6 Å². The Morgan fingerprint density at radius 1 is 1.20 bits per heavy atom. The van der Waals surface area contributed by atoms with Gasteiger partial charge in [0, 0.05) is 19.6 Å². The molecule has 4 heteroatoms. The second-order valence-corrected chi connectivity index (χ2v) is 7.94. The smallest absolute Gasteiger partial charge is 0.317 e. The third-order valence-electron chi connectivity index (χ3n) is 5.74. The Morgan fingerprint density at radius 3 is 2.52 bits per heavy atom. The van der Waals surface area contributed by atoms with E-state index in [1.54, 1.807) is 0 Å². The lowest BCUT2D eigenvalue weighted by Crippen LogP contribution is -2.45. The first-order valence-electron chi connectivity index (χ1n) is 9.95. The fourth-order valence-electron chi connectivity index (χ4n) is 3.62. The molecule has 1 heterocycles. The zero-order valence-corrected chi connectivity index (χ0v) is 15.8. The van der Waals surface area contributed by atoms with Gasteiger partial charge in [0.25, 0.3) is 0 Å². The van der Waals surface area contributed by atoms with Crippen LogP contribution in [0.25, 0.3) is 0 Å². The van der Waals surface area contributed by atoms with Crippen LogP contribution in [0.4, 0.5) is 4.79 Å². The molecule has 0 radical (unpaired) electrons. The van der Waals surface area contributed by atoms with Gasteiger partial charge in [0.15, 0.2) is 0 Å². The van der Waals surface area contributed by atoms with Gasteiger partial charge in [0.1, 0.15) is 0 Å². The Morgan fingerprint density at radius 2 is 1.88 bits per heavy atom. The second-order valence-electron chi connectivity index (χ2n) is 7.94. The molecule has 25 heavy (non-hydrogen) atoms. The van der Waals surface area contributed by atoms with Gasteiger partial charge in [0.2, 0.25) is 0 Å². The van der Waals surface area contributed by atoms with Crippen LogP contribution >= 0.6 is 0 Å². The molecule has 0 spiro atoms. The molecule has 1 aliphatic heterocycles. The maximum Gasteiger partial charge on any atom is 0.317 e. The molecule has 4 nitrogen and oxygen atoms in total. The molecule has 2 fully saturated rings. The summed E-state index contributed by atoms with van der Waals surface area (Å²) < 4.78 is 0. The Kier molecular flexibility index (Phi) is 6.35. The normalized spacial score (nSPS) is 20.2. The van der Waals surface area contributed by atoms with Gasteiger partial charge in [-0.05, 0) is 63.1 Å². The van der Waals surface area contributed by atoms with Crippen molar-refractivity contribution in [2.45, 2.75) is 45.6 Å². The van der Waals surface area contributed by atoms with Crippen LogP contribution < -0.4 is 5.32 Å². The highest BCUT2D eigenvalue weighted by atomic mass is 16.2. The van der Waals surface area contributed by atoms with Crippen LogP contribution in [-0.2, 0) is 0 Å². The van der Waals surface area contributed by atoms with Gasteiger partial charge in [-0.3, -0.25) is 0 Å². The predicted molar refractivity (Wildman–Crippen MR) is 103 cm³/mol. The number of urea groups is 1. The average Bonchev–Trinajstić information content (AvgIpc) is 3.45. The third kappa shape index (κ3) is 5.46. The molecule has 1 aliphatic carbocycles. The molecule has 138 valence electrons. The molecular weight excluding hydrogens is 310 g/mol. The number of likely N-dealkylation sites (tertiary alicyclic amines) is 1. The van der Waals surface area contributed by atoms with Gasteiger partial charge in [-0.25, -0.2) is 4.79 Å². The van der Waals surface area contributed by atoms with E-state index in [0.717, 1.165) is 25.6 Å². The van der Waals surface area contributed by atoms with Crippen LogP contribution in [0.5, 0.6) is 0 Å². The van der Waals surface area contributed by atoms with Crippen molar-refractivity contribution in [2.24, 2.45) is 11.8 Å². The van der Waals surface area contributed by atoms with E-state index in [0.29, 0.717) is 5.92 Å². The summed E-state index contributed by atoms with van der Waals surface area (Å²) in [7, 11) is 0. The number of piperidine rings is 1. The van der Waals surface area contributed by atoms with E-state index in [9.17, 15) is 4.79 Å². The molecule has 1 atom stereocenters. The van der Waals surface area contributed by atoms with Gasteiger partial charge in [0.05, 0.1) is 6.04 Å². The van der Waals surface area contributed by atoms with Crippen LogP contribution in [0.2, 0.25) is 0 Å². The summed E-state index contributed by atoms with van der Waals surface area (Å²) in [5, 5.41) is 3.17. The molecule has 1 N–H and O–H groups in total. The maximum atomic E-state index is 12.8. The van der Waals surface area contributed by atoms with Crippen molar-refractivity contribution in [3.05, 3.63) is 35.9 Å². The molecule has 1 unspecified atom stereocenters. The lowest BCUT2D eigenvalue weighted by molar-refractivity contribution is 0.167. The van der Waals surface area contributed by atoms with Crippen LogP contribution in [0.3, 0.4) is 0 Å². The van der Waals surface area contributed by atoms with Gasteiger partial charge in [-0.15, -0.1) is 0 Å². The first kappa shape index (κ1) is 18.2. The van der Waals surface area contributed by atoms with Crippen LogP contribution in [0.15, 0.2) is 30.3 Å². The quantitative estimate of drug-likeness (QED) is 0.815. The fourth-order valence-corrected chi connectivity index (χ4v) is 3.62. The number of nitrogens with zero attached hydrogens (tertiary/aromatic N) is 2. The number of hydrogen-bond donors (Lipinski definition) is 1. The summed E-state index contributed by atoms with van der Waals surface area (Å²) in [6, 6.07) is 10.6. The van der Waals surface area contributed by atoms with Gasteiger partial charge < -0.3 is 15.1 Å². The van der Waals surface area contributed by atoms with Crippen LogP contribution in [0.1, 0.15) is 51.1 Å². The minimum Gasteiger partial charge on any atom is -0.337 e. The number of rotatable bonds is 7. The molecular formula is C21H33N3O. The Hall–Kier alpha value is -1.55. The molecule has 2 aliphatic rings. The van der Waals surface area contributed by atoms with Crippen molar-refractivity contribution >= 4 is 6.03 Å². The van der Waals surface area contributed by atoms with Crippen molar-refractivity contribution in [1.82, 2.24) is 15.1 Å². The molecule has 1 aromatic carbocycles. The van der Waals surface area contributed by atoms with Crippen molar-refractivity contribution in [3.63, 3.8) is 0 Å². The van der Waals surface area contributed by atoms with Crippen molar-refractivity contribution in [3.8, 4) is 0 Å². The first-order valence-corrected chi connectivity index (χ1v) is 9.95. The van der Waals surface area contributed by atoms with Gasteiger partial charge >= 0.3 is 6.03 Å². The SMILES string of the molecule is CC1CCN(CCNC(=O)N(CC2CC2)C(C)c2ccccc2)CC1. The molecule has 1 aromatic rings. The van der Waals surface area contributed by atoms with E-state index in [-0.39, 0.29) is 12.1 Å². The summed E-state index contributed by atoms with van der Waals surface area (Å²) in [5.41, 5.74) is 1.21. The van der Waals surface area contributed by atoms with Crippen molar-refractivity contribution < 1.29 is 4.79 Å². The number of nitrogens with one attached hydrogen (secondary N) is 1. The average molecular weight is 344 g/mol. The van der Waals surface area contributed by atoms with Gasteiger partial charge in [-0.1, -0.05) is 37.3 Å². The maximum absolute atomic E-state index is 12.8. The zero-order chi connectivity index (χ0) is 17.6. The minimum atomic E-state index is 0.0913. The first-order chi connectivity index (χ1) is 12.1. The summed E-state index contributed by atoms with van der Waals surface area (Å²) in [6.45, 7) is 9.41. The monoisotopic (exact) mass is 343 g/mol. The number of carbonyl (C=O) groups is 1. The van der Waals surface area contributed by atoms with E-state index in [1.165, 1.54) is 44.3 Å². The number of amides is 2. The van der Waals surface area contributed by atoms with E-state index in [1.807, 2.05) is 11.0 Å². The fraction of sp³-hybridized carbons (Fsp3) is 0.667. The molecule has 3 rings (SSSR count). The molecule has 0 aromatic heterocycles. The van der Waals surface area contributed by atoms with E-state index >= 15 is 0 Å². The van der Waals surface area contributed by atoms with Crippen molar-refractivity contribution in [2.75, 3.05) is 32.7 Å². The molecule has 1 saturated heterocycles. The topological polar surface area (TPSA) is 35.6 Å². The Balaban J connectivity index is 1.50. The standard InChI is InChI=1S/C21H33N3O/c1-17-10-13-23(14-11-17)15-12-22-21(25)24(16-19-8-9-19)18(2)20-6-4-3-5-7-20/h3-7,17-19H,8-16H2,1-2H3,(H,22,25). The van der Waals surface area contributed by atoms with Gasteiger partial charge in [-0.2, -0.15) is 0 Å². The van der Waals surface area contributed by atoms with Crippen LogP contribution in [0, 0.1) is 11.8 Å². The Bertz CT molecular complexity index is 535. The predicted octanol–water partition coefficient (Wildman–Crippen LogP) is 3.90. The highest BCUT2D eigenvalue weighted by Crippen LogP contribution is 2.32. The summed E-state index contributed by atoms with van der Waals surface area (Å²) in [4.78, 5) is 17.3. The van der Waals surface area contributed by atoms with E-state index in [2.05, 4.69) is 48.3 Å². The van der Waals surface area contributed by atoms with Crippen molar-refractivity contribution in [1.29, 1.82) is 0 Å². The third-order valence-corrected chi connectivity index (χ3v) is 5.74. The molecule has 0 bridgehead atoms. The zero-order valence-electron chi connectivity index (χ0n) is 15.8. The highest BCUT2D eigenvalue weighted by molar-refractivity contribution is 5.74. The number of hydrogen-bond acceptors (Lipinski definition) is 2. The minimum absolute atomic E-state index is 0.0913. The Labute approximate surface area is 152 Å². The lowest BCUT2D eigenvalue weighted by atomic mass is 9.99. The summed E-state index contributed by atoms with van der Waals surface area (Å²) in [6.07, 6.45) is 5.09. The van der Waals surface area contributed by atoms with E-state index < -0.39 is 0 Å². The largest absolute Gasteiger partial charge is 0.337 e. The number of carbonyl (C=O) groups excluding carboxylic acids is 1. The summed E-state index contributed by atoms with van der Waals surface area (Å²) >= 11 is 0. The second kappa shape index (κ2) is 8.70. The summed E-state index contributed by atoms with van der Waals surface area (Å²) in [5.74, 6) is 1.55. The number of benzene rings is 1. The molecule has 1 saturated carbocycles. The molecule has 2 amide bonds. The lowest BCUT2D eigenvalue weighted by Gasteiger charge is -2.32.